The standard InChI is InChI=1S/C20H25N3O4S/c1-27-19-8-4-3-7-16(19)15-21-28(25,26)18-11-9-17(10-12-18)22-20(24)23-13-5-2-6-14-23/h3-4,7-12,21H,2,5-6,13-15H2,1H3,(H,22,24). The third-order valence-corrected chi connectivity index (χ3v) is 6.12. The summed E-state index contributed by atoms with van der Waals surface area (Å²) in [7, 11) is -2.13. The fraction of sp³-hybridized carbons (Fsp3) is 0.350. The fourth-order valence-electron chi connectivity index (χ4n) is 3.12. The predicted molar refractivity (Wildman–Crippen MR) is 108 cm³/mol. The van der Waals surface area contributed by atoms with E-state index in [1.54, 1.807) is 36.3 Å². The van der Waals surface area contributed by atoms with E-state index in [-0.39, 0.29) is 17.5 Å². The minimum atomic E-state index is -3.68. The number of sulfonamides is 1. The monoisotopic (exact) mass is 403 g/mol. The maximum absolute atomic E-state index is 12.5. The van der Waals surface area contributed by atoms with Crippen LogP contribution in [0.15, 0.2) is 53.4 Å². The Morgan fingerprint density at radius 2 is 1.71 bits per heavy atom. The lowest BCUT2D eigenvalue weighted by Gasteiger charge is -2.26. The molecule has 1 fully saturated rings. The molecule has 7 nitrogen and oxygen atoms in total. The number of para-hydroxylation sites is 1. The first kappa shape index (κ1) is 20.2. The normalized spacial score (nSPS) is 14.5. The van der Waals surface area contributed by atoms with Gasteiger partial charge in [0.05, 0.1) is 12.0 Å². The van der Waals surface area contributed by atoms with Crippen molar-refractivity contribution in [3.05, 3.63) is 54.1 Å². The smallest absolute Gasteiger partial charge is 0.321 e. The summed E-state index contributed by atoms with van der Waals surface area (Å²) < 4.78 is 32.9. The van der Waals surface area contributed by atoms with Crippen LogP contribution >= 0.6 is 0 Å². The SMILES string of the molecule is COc1ccccc1CNS(=O)(=O)c1ccc(NC(=O)N2CCCCC2)cc1. The Hall–Kier alpha value is -2.58. The zero-order valence-corrected chi connectivity index (χ0v) is 16.7. The summed E-state index contributed by atoms with van der Waals surface area (Å²) in [6, 6.07) is 13.2. The molecule has 8 heteroatoms. The van der Waals surface area contributed by atoms with Gasteiger partial charge >= 0.3 is 6.03 Å². The molecular formula is C20H25N3O4S. The molecule has 0 radical (unpaired) electrons. The molecule has 0 aromatic heterocycles. The Bertz CT molecular complexity index is 907. The molecule has 3 rings (SSSR count). The zero-order chi connectivity index (χ0) is 20.0. The Labute approximate surface area is 165 Å². The van der Waals surface area contributed by atoms with Crippen LogP contribution in [0.25, 0.3) is 0 Å². The fourth-order valence-corrected chi connectivity index (χ4v) is 4.13. The van der Waals surface area contributed by atoms with E-state index in [0.717, 1.165) is 37.9 Å². The molecule has 2 aromatic carbocycles. The van der Waals surface area contributed by atoms with E-state index >= 15 is 0 Å². The van der Waals surface area contributed by atoms with Crippen molar-refractivity contribution in [1.82, 2.24) is 9.62 Å². The summed E-state index contributed by atoms with van der Waals surface area (Å²) in [5, 5.41) is 2.82. The molecule has 1 aliphatic heterocycles. The van der Waals surface area contributed by atoms with E-state index in [1.807, 2.05) is 12.1 Å². The van der Waals surface area contributed by atoms with Gasteiger partial charge in [0, 0.05) is 30.9 Å². The molecule has 2 amide bonds. The number of methoxy groups -OCH3 is 1. The van der Waals surface area contributed by atoms with Crippen molar-refractivity contribution < 1.29 is 17.9 Å². The average molecular weight is 404 g/mol. The van der Waals surface area contributed by atoms with Gasteiger partial charge in [-0.1, -0.05) is 18.2 Å². The summed E-state index contributed by atoms with van der Waals surface area (Å²) in [6.07, 6.45) is 3.18. The number of urea groups is 1. The van der Waals surface area contributed by atoms with E-state index < -0.39 is 10.0 Å². The average Bonchev–Trinajstić information content (AvgIpc) is 2.73. The summed E-state index contributed by atoms with van der Waals surface area (Å²) in [5.74, 6) is 0.626. The van der Waals surface area contributed by atoms with Crippen molar-refractivity contribution in [2.75, 3.05) is 25.5 Å². The van der Waals surface area contributed by atoms with Crippen LogP contribution in [-0.4, -0.2) is 39.5 Å². The van der Waals surface area contributed by atoms with Crippen LogP contribution < -0.4 is 14.8 Å². The lowest BCUT2D eigenvalue weighted by atomic mass is 10.1. The van der Waals surface area contributed by atoms with Gasteiger partial charge in [-0.3, -0.25) is 0 Å². The maximum Gasteiger partial charge on any atom is 0.321 e. The molecular weight excluding hydrogens is 378 g/mol. The largest absolute Gasteiger partial charge is 0.496 e. The molecule has 0 bridgehead atoms. The van der Waals surface area contributed by atoms with Crippen LogP contribution in [0.5, 0.6) is 5.75 Å². The maximum atomic E-state index is 12.5. The highest BCUT2D eigenvalue weighted by Gasteiger charge is 2.18. The zero-order valence-electron chi connectivity index (χ0n) is 15.8. The van der Waals surface area contributed by atoms with Crippen LogP contribution in [0.4, 0.5) is 10.5 Å². The van der Waals surface area contributed by atoms with Gasteiger partial charge in [0.2, 0.25) is 10.0 Å². The number of carbonyl (C=O) groups excluding carboxylic acids is 1. The third kappa shape index (κ3) is 5.02. The summed E-state index contributed by atoms with van der Waals surface area (Å²) >= 11 is 0. The van der Waals surface area contributed by atoms with Crippen molar-refractivity contribution in [2.24, 2.45) is 0 Å². The Balaban J connectivity index is 1.62. The molecule has 150 valence electrons. The second-order valence-electron chi connectivity index (χ2n) is 6.64. The van der Waals surface area contributed by atoms with Crippen LogP contribution in [0.1, 0.15) is 24.8 Å². The molecule has 0 unspecified atom stereocenters. The minimum Gasteiger partial charge on any atom is -0.496 e. The van der Waals surface area contributed by atoms with Crippen LogP contribution in [-0.2, 0) is 16.6 Å². The molecule has 1 saturated heterocycles. The van der Waals surface area contributed by atoms with Gasteiger partial charge in [-0.05, 0) is 49.6 Å². The number of hydrogen-bond acceptors (Lipinski definition) is 4. The number of nitrogens with one attached hydrogen (secondary N) is 2. The number of piperidine rings is 1. The van der Waals surface area contributed by atoms with Crippen molar-refractivity contribution in [1.29, 1.82) is 0 Å². The van der Waals surface area contributed by atoms with Crippen molar-refractivity contribution >= 4 is 21.7 Å². The van der Waals surface area contributed by atoms with E-state index in [0.29, 0.717) is 11.4 Å². The number of anilines is 1. The molecule has 2 aromatic rings. The number of benzene rings is 2. The quantitative estimate of drug-likeness (QED) is 0.775. The summed E-state index contributed by atoms with van der Waals surface area (Å²) in [6.45, 7) is 1.64. The molecule has 0 aliphatic carbocycles. The predicted octanol–water partition coefficient (Wildman–Crippen LogP) is 3.19. The first-order valence-electron chi connectivity index (χ1n) is 9.27. The first-order valence-corrected chi connectivity index (χ1v) is 10.8. The van der Waals surface area contributed by atoms with Gasteiger partial charge in [0.15, 0.2) is 0 Å². The summed E-state index contributed by atoms with van der Waals surface area (Å²) in [5.41, 5.74) is 1.32. The Kier molecular flexibility index (Phi) is 6.53. The van der Waals surface area contributed by atoms with E-state index in [9.17, 15) is 13.2 Å². The second kappa shape index (κ2) is 9.07. The summed E-state index contributed by atoms with van der Waals surface area (Å²) in [4.78, 5) is 14.2. The number of nitrogens with zero attached hydrogens (tertiary/aromatic N) is 1. The lowest BCUT2D eigenvalue weighted by Crippen LogP contribution is -2.38. The third-order valence-electron chi connectivity index (χ3n) is 4.70. The van der Waals surface area contributed by atoms with Gasteiger partial charge in [-0.25, -0.2) is 17.9 Å². The van der Waals surface area contributed by atoms with E-state index in [2.05, 4.69) is 10.0 Å². The van der Waals surface area contributed by atoms with Gasteiger partial charge in [-0.15, -0.1) is 0 Å². The molecule has 0 spiro atoms. The van der Waals surface area contributed by atoms with Crippen molar-refractivity contribution in [3.63, 3.8) is 0 Å². The number of likely N-dealkylation sites (tertiary alicyclic amines) is 1. The number of hydrogen-bond donors (Lipinski definition) is 2. The van der Waals surface area contributed by atoms with Crippen LogP contribution in [0, 0.1) is 0 Å². The minimum absolute atomic E-state index is 0.125. The topological polar surface area (TPSA) is 87.7 Å². The number of rotatable bonds is 6. The van der Waals surface area contributed by atoms with E-state index in [4.69, 9.17) is 4.74 Å². The van der Waals surface area contributed by atoms with Gasteiger partial charge in [0.1, 0.15) is 5.75 Å². The lowest BCUT2D eigenvalue weighted by molar-refractivity contribution is 0.200. The number of amides is 2. The molecule has 1 aliphatic rings. The Morgan fingerprint density at radius 3 is 2.39 bits per heavy atom. The highest BCUT2D eigenvalue weighted by atomic mass is 32.2. The van der Waals surface area contributed by atoms with Gasteiger partial charge < -0.3 is 15.0 Å². The molecule has 0 saturated carbocycles. The van der Waals surface area contributed by atoms with Gasteiger partial charge in [0.25, 0.3) is 0 Å². The van der Waals surface area contributed by atoms with Crippen LogP contribution in [0.3, 0.4) is 0 Å². The number of carbonyl (C=O) groups is 1. The van der Waals surface area contributed by atoms with Crippen LogP contribution in [0.2, 0.25) is 0 Å². The molecule has 28 heavy (non-hydrogen) atoms. The van der Waals surface area contributed by atoms with Gasteiger partial charge in [-0.2, -0.15) is 0 Å². The first-order chi connectivity index (χ1) is 13.5. The van der Waals surface area contributed by atoms with Crippen molar-refractivity contribution in [2.45, 2.75) is 30.7 Å². The Morgan fingerprint density at radius 1 is 1.04 bits per heavy atom. The second-order valence-corrected chi connectivity index (χ2v) is 8.41. The van der Waals surface area contributed by atoms with E-state index in [1.165, 1.54) is 12.1 Å². The molecule has 0 atom stereocenters. The highest BCUT2D eigenvalue weighted by molar-refractivity contribution is 7.89. The molecule has 1 heterocycles. The van der Waals surface area contributed by atoms with Crippen molar-refractivity contribution in [3.8, 4) is 5.75 Å². The molecule has 2 N–H and O–H groups in total. The highest BCUT2D eigenvalue weighted by Crippen LogP contribution is 2.19. The number of ether oxygens (including phenoxy) is 1.